The van der Waals surface area contributed by atoms with Crippen molar-refractivity contribution in [1.82, 2.24) is 0 Å². The number of hydrogen-bond acceptors (Lipinski definition) is 0. The van der Waals surface area contributed by atoms with Crippen LogP contribution in [0.5, 0.6) is 0 Å². The van der Waals surface area contributed by atoms with Gasteiger partial charge in [-0.2, -0.15) is 0 Å². The summed E-state index contributed by atoms with van der Waals surface area (Å²) in [5.41, 5.74) is 8.34. The zero-order chi connectivity index (χ0) is 19.9. The number of benzene rings is 2. The van der Waals surface area contributed by atoms with Gasteiger partial charge in [0.15, 0.2) is 6.20 Å². The molecule has 1 heterocycles. The lowest BCUT2D eigenvalue weighted by atomic mass is 9.83. The highest BCUT2D eigenvalue weighted by Crippen LogP contribution is 2.32. The Morgan fingerprint density at radius 1 is 0.926 bits per heavy atom. The number of fused-ring (bicyclic) bond motifs is 1. The van der Waals surface area contributed by atoms with Gasteiger partial charge < -0.3 is 0 Å². The molecule has 3 aromatic rings. The van der Waals surface area contributed by atoms with Gasteiger partial charge in [-0.15, -0.1) is 0 Å². The summed E-state index contributed by atoms with van der Waals surface area (Å²) >= 11 is 0. The van der Waals surface area contributed by atoms with Crippen LogP contribution in [0.3, 0.4) is 0 Å². The molecular weight excluding hydrogens is 326 g/mol. The van der Waals surface area contributed by atoms with Crippen LogP contribution >= 0.6 is 0 Å². The summed E-state index contributed by atoms with van der Waals surface area (Å²) in [5, 5.41) is 2.63. The molecule has 0 saturated carbocycles. The van der Waals surface area contributed by atoms with Gasteiger partial charge in [0.2, 0.25) is 5.69 Å². The van der Waals surface area contributed by atoms with Gasteiger partial charge in [-0.3, -0.25) is 0 Å². The summed E-state index contributed by atoms with van der Waals surface area (Å²) in [6.45, 7) is 15.9. The molecule has 1 nitrogen and oxygen atoms in total. The Morgan fingerprint density at radius 2 is 1.63 bits per heavy atom. The molecule has 0 N–H and O–H groups in total. The molecule has 0 aliphatic heterocycles. The number of aromatic nitrogens is 1. The van der Waals surface area contributed by atoms with E-state index in [4.69, 9.17) is 0 Å². The largest absolute Gasteiger partial charge is 0.213 e. The minimum absolute atomic E-state index is 0.146. The molecule has 0 spiro atoms. The summed E-state index contributed by atoms with van der Waals surface area (Å²) in [6.07, 6.45) is 3.40. The van der Waals surface area contributed by atoms with Crippen molar-refractivity contribution in [2.45, 2.75) is 60.3 Å². The van der Waals surface area contributed by atoms with E-state index in [-0.39, 0.29) is 5.41 Å². The van der Waals surface area contributed by atoms with Crippen LogP contribution in [0.25, 0.3) is 22.0 Å². The van der Waals surface area contributed by atoms with Crippen molar-refractivity contribution in [1.29, 1.82) is 0 Å². The molecule has 142 valence electrons. The second-order valence-electron chi connectivity index (χ2n) is 9.55. The number of rotatable bonds is 3. The third-order valence-corrected chi connectivity index (χ3v) is 5.61. The highest BCUT2D eigenvalue weighted by molar-refractivity contribution is 5.85. The van der Waals surface area contributed by atoms with E-state index >= 15 is 0 Å². The number of pyridine rings is 1. The Balaban J connectivity index is 2.21. The van der Waals surface area contributed by atoms with Gasteiger partial charge in [-0.25, -0.2) is 4.57 Å². The summed E-state index contributed by atoms with van der Waals surface area (Å²) in [5.74, 6) is 0.676. The van der Waals surface area contributed by atoms with Crippen LogP contribution in [0.2, 0.25) is 0 Å². The third-order valence-electron chi connectivity index (χ3n) is 5.61. The van der Waals surface area contributed by atoms with E-state index in [0.29, 0.717) is 5.92 Å². The van der Waals surface area contributed by atoms with Crippen molar-refractivity contribution in [3.8, 4) is 11.3 Å². The van der Waals surface area contributed by atoms with Crippen molar-refractivity contribution >= 4 is 10.8 Å². The quantitative estimate of drug-likeness (QED) is 0.473. The van der Waals surface area contributed by atoms with Gasteiger partial charge in [-0.1, -0.05) is 52.8 Å². The second kappa shape index (κ2) is 7.11. The van der Waals surface area contributed by atoms with Crippen molar-refractivity contribution in [3.63, 3.8) is 0 Å². The number of aryl methyl sites for hydroxylation is 2. The maximum atomic E-state index is 2.39. The van der Waals surface area contributed by atoms with Gasteiger partial charge in [0, 0.05) is 17.0 Å². The lowest BCUT2D eigenvalue weighted by molar-refractivity contribution is -0.659. The van der Waals surface area contributed by atoms with E-state index in [1.54, 1.807) is 0 Å². The van der Waals surface area contributed by atoms with E-state index in [1.165, 1.54) is 44.3 Å². The van der Waals surface area contributed by atoms with Crippen molar-refractivity contribution in [2.75, 3.05) is 0 Å². The number of nitrogens with zero attached hydrogens (tertiary/aromatic N) is 1. The van der Waals surface area contributed by atoms with E-state index in [9.17, 15) is 0 Å². The summed E-state index contributed by atoms with van der Waals surface area (Å²) < 4.78 is 2.28. The van der Waals surface area contributed by atoms with Gasteiger partial charge in [0.1, 0.15) is 7.05 Å². The molecule has 0 atom stereocenters. The summed E-state index contributed by atoms with van der Waals surface area (Å²) in [6, 6.07) is 14.0. The fourth-order valence-electron chi connectivity index (χ4n) is 3.82. The van der Waals surface area contributed by atoms with Gasteiger partial charge in [0.25, 0.3) is 0 Å². The Kier molecular flexibility index (Phi) is 5.16. The molecule has 0 fully saturated rings. The highest BCUT2D eigenvalue weighted by Gasteiger charge is 2.21. The topological polar surface area (TPSA) is 3.88 Å². The molecule has 0 aliphatic rings. The molecule has 0 amide bonds. The standard InChI is InChI=1S/C26H34N/c1-17(2)11-20-9-10-21-16-27(8)25(14-22(21)13-20)24-15-23(26(5,6)7)12-18(3)19(24)4/h9-10,12-17H,11H2,1-8H3/q+1. The fourth-order valence-corrected chi connectivity index (χ4v) is 3.82. The fraction of sp³-hybridized carbons (Fsp3) is 0.423. The molecule has 0 saturated heterocycles. The lowest BCUT2D eigenvalue weighted by Gasteiger charge is -2.22. The maximum absolute atomic E-state index is 2.39. The van der Waals surface area contributed by atoms with Gasteiger partial charge in [0.05, 0.1) is 0 Å². The number of hydrogen-bond donors (Lipinski definition) is 0. The zero-order valence-electron chi connectivity index (χ0n) is 18.3. The van der Waals surface area contributed by atoms with Crippen molar-refractivity contribution in [3.05, 3.63) is 64.8 Å². The van der Waals surface area contributed by atoms with Gasteiger partial charge >= 0.3 is 0 Å². The molecule has 1 heteroatoms. The normalized spacial score (nSPS) is 12.2. The smallest absolute Gasteiger partial charge is 0.200 e. The molecular formula is C26H34N+. The molecule has 1 aromatic heterocycles. The molecule has 0 bridgehead atoms. The molecule has 2 aromatic carbocycles. The van der Waals surface area contributed by atoms with Crippen LogP contribution in [0.4, 0.5) is 0 Å². The van der Waals surface area contributed by atoms with Crippen LogP contribution in [0, 0.1) is 19.8 Å². The first-order valence-corrected chi connectivity index (χ1v) is 10.1. The van der Waals surface area contributed by atoms with E-state index in [2.05, 4.69) is 103 Å². The first-order chi connectivity index (χ1) is 12.6. The van der Waals surface area contributed by atoms with E-state index in [1.807, 2.05) is 0 Å². The van der Waals surface area contributed by atoms with Crippen LogP contribution in [0.15, 0.2) is 42.6 Å². The van der Waals surface area contributed by atoms with Crippen LogP contribution in [0.1, 0.15) is 56.9 Å². The monoisotopic (exact) mass is 360 g/mol. The Bertz CT molecular complexity index is 987. The SMILES string of the molecule is Cc1cc(C(C)(C)C)cc(-c2cc3cc(CC(C)C)ccc3c[n+]2C)c1C. The average molecular weight is 361 g/mol. The maximum Gasteiger partial charge on any atom is 0.213 e. The zero-order valence-corrected chi connectivity index (χ0v) is 18.3. The predicted octanol–water partition coefficient (Wildman–Crippen LogP) is 6.44. The molecule has 0 aliphatic carbocycles. The highest BCUT2D eigenvalue weighted by atomic mass is 14.9. The Hall–Kier alpha value is -2.15. The molecule has 3 rings (SSSR count). The molecule has 0 radical (unpaired) electrons. The van der Waals surface area contributed by atoms with Crippen LogP contribution in [-0.4, -0.2) is 0 Å². The van der Waals surface area contributed by atoms with E-state index in [0.717, 1.165) is 6.42 Å². The Labute approximate surface area is 165 Å². The molecule has 27 heavy (non-hydrogen) atoms. The first kappa shape index (κ1) is 19.6. The van der Waals surface area contributed by atoms with Crippen molar-refractivity contribution in [2.24, 2.45) is 13.0 Å². The van der Waals surface area contributed by atoms with Gasteiger partial charge in [-0.05, 0) is 71.4 Å². The Morgan fingerprint density at radius 3 is 2.26 bits per heavy atom. The van der Waals surface area contributed by atoms with E-state index < -0.39 is 0 Å². The van der Waals surface area contributed by atoms with Crippen LogP contribution in [-0.2, 0) is 18.9 Å². The first-order valence-electron chi connectivity index (χ1n) is 10.1. The predicted molar refractivity (Wildman–Crippen MR) is 117 cm³/mol. The second-order valence-corrected chi connectivity index (χ2v) is 9.55. The third kappa shape index (κ3) is 4.08. The minimum Gasteiger partial charge on any atom is -0.200 e. The van der Waals surface area contributed by atoms with Crippen LogP contribution < -0.4 is 4.57 Å². The summed E-state index contributed by atoms with van der Waals surface area (Å²) in [7, 11) is 2.16. The summed E-state index contributed by atoms with van der Waals surface area (Å²) in [4.78, 5) is 0. The minimum atomic E-state index is 0.146. The van der Waals surface area contributed by atoms with Crippen molar-refractivity contribution < 1.29 is 4.57 Å². The average Bonchev–Trinajstić information content (AvgIpc) is 2.55. The molecule has 0 unspecified atom stereocenters. The lowest BCUT2D eigenvalue weighted by Crippen LogP contribution is -2.31.